The Bertz CT molecular complexity index is 675. The number of primary amides is 1. The fourth-order valence-corrected chi connectivity index (χ4v) is 3.34. The first-order chi connectivity index (χ1) is 11.2. The summed E-state index contributed by atoms with van der Waals surface area (Å²) in [5.74, 6) is -0.367. The van der Waals surface area contributed by atoms with Crippen molar-refractivity contribution in [2.45, 2.75) is 52.0 Å². The second-order valence-corrected chi connectivity index (χ2v) is 7.73. The standard InChI is InChI=1S/C19H25N3O2/c1-18(2,3)15-7-9-19(12-20,10-8-15)22-17(24)14-6-4-5-13(11-14)16(21)23/h4-6,11,15H,7-10H2,1-3H3,(H2,21,23)(H,22,24). The number of rotatable bonds is 3. The Morgan fingerprint density at radius 2 is 1.83 bits per heavy atom. The van der Waals surface area contributed by atoms with E-state index in [9.17, 15) is 14.9 Å². The van der Waals surface area contributed by atoms with Crippen LogP contribution >= 0.6 is 0 Å². The average molecular weight is 327 g/mol. The van der Waals surface area contributed by atoms with Crippen LogP contribution in [0.5, 0.6) is 0 Å². The molecule has 0 aromatic heterocycles. The largest absolute Gasteiger partial charge is 0.366 e. The van der Waals surface area contributed by atoms with Crippen LogP contribution in [0.3, 0.4) is 0 Å². The molecule has 3 N–H and O–H groups in total. The van der Waals surface area contributed by atoms with Gasteiger partial charge in [-0.15, -0.1) is 0 Å². The highest BCUT2D eigenvalue weighted by atomic mass is 16.2. The quantitative estimate of drug-likeness (QED) is 0.893. The SMILES string of the molecule is CC(C)(C)C1CCC(C#N)(NC(=O)c2cccc(C(N)=O)c2)CC1. The van der Waals surface area contributed by atoms with E-state index in [1.54, 1.807) is 18.2 Å². The monoisotopic (exact) mass is 327 g/mol. The van der Waals surface area contributed by atoms with Gasteiger partial charge in [-0.3, -0.25) is 9.59 Å². The molecule has 0 aliphatic heterocycles. The fourth-order valence-electron chi connectivity index (χ4n) is 3.34. The molecule has 1 aromatic rings. The zero-order valence-corrected chi connectivity index (χ0v) is 14.6. The molecule has 128 valence electrons. The second-order valence-electron chi connectivity index (χ2n) is 7.73. The summed E-state index contributed by atoms with van der Waals surface area (Å²) in [6.07, 6.45) is 3.12. The van der Waals surface area contributed by atoms with E-state index >= 15 is 0 Å². The van der Waals surface area contributed by atoms with Crippen molar-refractivity contribution >= 4 is 11.8 Å². The van der Waals surface area contributed by atoms with Crippen molar-refractivity contribution in [1.29, 1.82) is 5.26 Å². The maximum atomic E-state index is 12.5. The summed E-state index contributed by atoms with van der Waals surface area (Å²) < 4.78 is 0. The van der Waals surface area contributed by atoms with Crippen LogP contribution in [0, 0.1) is 22.7 Å². The lowest BCUT2D eigenvalue weighted by Crippen LogP contribution is -2.50. The molecule has 1 aliphatic carbocycles. The molecule has 0 radical (unpaired) electrons. The Hall–Kier alpha value is -2.35. The van der Waals surface area contributed by atoms with E-state index in [4.69, 9.17) is 5.73 Å². The van der Waals surface area contributed by atoms with Gasteiger partial charge in [0, 0.05) is 11.1 Å². The normalized spacial score (nSPS) is 24.0. The first-order valence-electron chi connectivity index (χ1n) is 8.30. The van der Waals surface area contributed by atoms with Gasteiger partial charge >= 0.3 is 0 Å². The van der Waals surface area contributed by atoms with E-state index in [1.165, 1.54) is 6.07 Å². The summed E-state index contributed by atoms with van der Waals surface area (Å²) in [6.45, 7) is 6.64. The van der Waals surface area contributed by atoms with Crippen molar-refractivity contribution < 1.29 is 9.59 Å². The summed E-state index contributed by atoms with van der Waals surface area (Å²) >= 11 is 0. The van der Waals surface area contributed by atoms with E-state index in [1.807, 2.05) is 0 Å². The second kappa shape index (κ2) is 6.64. The Kier molecular flexibility index (Phi) is 4.98. The first-order valence-corrected chi connectivity index (χ1v) is 8.30. The van der Waals surface area contributed by atoms with Gasteiger partial charge in [-0.05, 0) is 55.2 Å². The van der Waals surface area contributed by atoms with Crippen LogP contribution < -0.4 is 11.1 Å². The van der Waals surface area contributed by atoms with Crippen molar-refractivity contribution in [2.24, 2.45) is 17.1 Å². The van der Waals surface area contributed by atoms with Crippen molar-refractivity contribution in [1.82, 2.24) is 5.32 Å². The minimum atomic E-state index is -0.832. The molecule has 1 saturated carbocycles. The number of nitriles is 1. The molecule has 1 fully saturated rings. The lowest BCUT2D eigenvalue weighted by atomic mass is 9.67. The number of benzene rings is 1. The lowest BCUT2D eigenvalue weighted by Gasteiger charge is -2.40. The van der Waals surface area contributed by atoms with Gasteiger partial charge < -0.3 is 11.1 Å². The lowest BCUT2D eigenvalue weighted by molar-refractivity contribution is 0.0855. The number of amides is 2. The molecule has 0 spiro atoms. The molecule has 5 heteroatoms. The highest BCUT2D eigenvalue weighted by Gasteiger charge is 2.40. The van der Waals surface area contributed by atoms with E-state index in [2.05, 4.69) is 32.2 Å². The summed E-state index contributed by atoms with van der Waals surface area (Å²) in [7, 11) is 0. The number of nitrogens with one attached hydrogen (secondary N) is 1. The van der Waals surface area contributed by atoms with Crippen molar-refractivity contribution in [2.75, 3.05) is 0 Å². The van der Waals surface area contributed by atoms with Crippen LogP contribution in [0.1, 0.15) is 67.2 Å². The van der Waals surface area contributed by atoms with Crippen LogP contribution in [0.2, 0.25) is 0 Å². The fraction of sp³-hybridized carbons (Fsp3) is 0.526. The summed E-state index contributed by atoms with van der Waals surface area (Å²) in [6, 6.07) is 8.56. The molecule has 2 rings (SSSR count). The first kappa shape index (κ1) is 18.0. The molecule has 5 nitrogen and oxygen atoms in total. The highest BCUT2D eigenvalue weighted by Crippen LogP contribution is 2.41. The third kappa shape index (κ3) is 3.94. The van der Waals surface area contributed by atoms with Crippen LogP contribution in [-0.2, 0) is 0 Å². The highest BCUT2D eigenvalue weighted by molar-refractivity contribution is 5.99. The minimum Gasteiger partial charge on any atom is -0.366 e. The molecular weight excluding hydrogens is 302 g/mol. The Morgan fingerprint density at radius 3 is 2.33 bits per heavy atom. The van der Waals surface area contributed by atoms with Crippen LogP contribution in [0.15, 0.2) is 24.3 Å². The van der Waals surface area contributed by atoms with E-state index in [0.29, 0.717) is 24.3 Å². The number of carbonyl (C=O) groups excluding carboxylic acids is 2. The van der Waals surface area contributed by atoms with E-state index < -0.39 is 11.4 Å². The van der Waals surface area contributed by atoms with Gasteiger partial charge in [0.1, 0.15) is 5.54 Å². The number of carbonyl (C=O) groups is 2. The van der Waals surface area contributed by atoms with Gasteiger partial charge in [-0.2, -0.15) is 5.26 Å². The molecular formula is C19H25N3O2. The predicted molar refractivity (Wildman–Crippen MR) is 92.2 cm³/mol. The molecule has 0 bridgehead atoms. The Balaban J connectivity index is 2.11. The molecule has 0 unspecified atom stereocenters. The Labute approximate surface area is 143 Å². The van der Waals surface area contributed by atoms with Crippen LogP contribution in [0.25, 0.3) is 0 Å². The van der Waals surface area contributed by atoms with Gasteiger partial charge in [-0.1, -0.05) is 26.8 Å². The van der Waals surface area contributed by atoms with E-state index in [0.717, 1.165) is 12.8 Å². The van der Waals surface area contributed by atoms with E-state index in [-0.39, 0.29) is 16.9 Å². The molecule has 2 amide bonds. The number of nitrogens with zero attached hydrogens (tertiary/aromatic N) is 1. The molecule has 0 heterocycles. The molecule has 0 saturated heterocycles. The number of hydrogen-bond acceptors (Lipinski definition) is 3. The Morgan fingerprint density at radius 1 is 1.25 bits per heavy atom. The van der Waals surface area contributed by atoms with Gasteiger partial charge in [0.2, 0.25) is 5.91 Å². The molecule has 24 heavy (non-hydrogen) atoms. The molecule has 1 aliphatic rings. The zero-order valence-electron chi connectivity index (χ0n) is 14.6. The number of nitrogens with two attached hydrogens (primary N) is 1. The van der Waals surface area contributed by atoms with Crippen LogP contribution in [-0.4, -0.2) is 17.4 Å². The topological polar surface area (TPSA) is 96.0 Å². The summed E-state index contributed by atoms with van der Waals surface area (Å²) in [5.41, 5.74) is 5.26. The summed E-state index contributed by atoms with van der Waals surface area (Å²) in [4.78, 5) is 23.8. The van der Waals surface area contributed by atoms with Crippen molar-refractivity contribution in [3.63, 3.8) is 0 Å². The van der Waals surface area contributed by atoms with Gasteiger partial charge in [0.05, 0.1) is 6.07 Å². The maximum absolute atomic E-state index is 12.5. The molecule has 1 aromatic carbocycles. The van der Waals surface area contributed by atoms with Gasteiger partial charge in [0.15, 0.2) is 0 Å². The van der Waals surface area contributed by atoms with Crippen LogP contribution in [0.4, 0.5) is 0 Å². The van der Waals surface area contributed by atoms with Gasteiger partial charge in [0.25, 0.3) is 5.91 Å². The average Bonchev–Trinajstić information content (AvgIpc) is 2.54. The summed E-state index contributed by atoms with van der Waals surface area (Å²) in [5, 5.41) is 12.5. The number of hydrogen-bond donors (Lipinski definition) is 2. The molecule has 0 atom stereocenters. The predicted octanol–water partition coefficient (Wildman–Crippen LogP) is 3.01. The third-order valence-electron chi connectivity index (χ3n) is 5.04. The maximum Gasteiger partial charge on any atom is 0.252 e. The van der Waals surface area contributed by atoms with Gasteiger partial charge in [-0.25, -0.2) is 0 Å². The van der Waals surface area contributed by atoms with Crippen molar-refractivity contribution in [3.05, 3.63) is 35.4 Å². The zero-order chi connectivity index (χ0) is 18.0. The third-order valence-corrected chi connectivity index (χ3v) is 5.04. The minimum absolute atomic E-state index is 0.210. The smallest absolute Gasteiger partial charge is 0.252 e. The van der Waals surface area contributed by atoms with Crippen molar-refractivity contribution in [3.8, 4) is 6.07 Å².